The lowest BCUT2D eigenvalue weighted by molar-refractivity contribution is -0.137. The lowest BCUT2D eigenvalue weighted by Crippen LogP contribution is -2.24. The van der Waals surface area contributed by atoms with Crippen LogP contribution >= 0.6 is 23.1 Å². The van der Waals surface area contributed by atoms with Gasteiger partial charge in [0.1, 0.15) is 0 Å². The molecule has 2 heterocycles. The second-order valence-corrected chi connectivity index (χ2v) is 6.72. The smallest absolute Gasteiger partial charge is 0.333 e. The van der Waals surface area contributed by atoms with E-state index in [1.807, 2.05) is 5.38 Å². The Hall–Kier alpha value is -1.34. The molecule has 1 aliphatic rings. The number of rotatable bonds is 5. The van der Waals surface area contributed by atoms with Gasteiger partial charge in [0.05, 0.1) is 40.7 Å². The number of carbonyl (C=O) groups is 2. The van der Waals surface area contributed by atoms with Crippen molar-refractivity contribution in [3.05, 3.63) is 27.2 Å². The molecule has 1 aliphatic heterocycles. The molecule has 0 unspecified atom stereocenters. The first-order valence-corrected chi connectivity index (χ1v) is 8.63. The van der Waals surface area contributed by atoms with E-state index in [4.69, 9.17) is 4.74 Å². The Kier molecular flexibility index (Phi) is 5.41. The zero-order valence-corrected chi connectivity index (χ0v) is 13.9. The molecule has 0 aliphatic carbocycles. The minimum Gasteiger partial charge on any atom is -0.463 e. The summed E-state index contributed by atoms with van der Waals surface area (Å²) < 4.78 is 4.89. The number of thiazole rings is 1. The second-order valence-electron chi connectivity index (χ2n) is 4.83. The van der Waals surface area contributed by atoms with Gasteiger partial charge in [-0.1, -0.05) is 25.6 Å². The molecular weight excluding hydrogens is 308 g/mol. The van der Waals surface area contributed by atoms with Gasteiger partial charge in [-0.25, -0.2) is 9.78 Å². The molecule has 0 aromatic carbocycles. The first-order chi connectivity index (χ1) is 10.0. The number of hydrogen-bond acceptors (Lipinski definition) is 6. The van der Waals surface area contributed by atoms with Gasteiger partial charge in [0, 0.05) is 11.3 Å². The summed E-state index contributed by atoms with van der Waals surface area (Å²) in [5.74, 6) is 0.310. The van der Waals surface area contributed by atoms with E-state index in [9.17, 15) is 9.59 Å². The predicted octanol–water partition coefficient (Wildman–Crippen LogP) is 2.75. The van der Waals surface area contributed by atoms with Crippen LogP contribution in [0.25, 0.3) is 0 Å². The fourth-order valence-electron chi connectivity index (χ4n) is 1.81. The van der Waals surface area contributed by atoms with Gasteiger partial charge < -0.3 is 4.74 Å². The zero-order valence-electron chi connectivity index (χ0n) is 12.3. The van der Waals surface area contributed by atoms with E-state index in [0.29, 0.717) is 29.9 Å². The highest BCUT2D eigenvalue weighted by Gasteiger charge is 2.28. The predicted molar refractivity (Wildman–Crippen MR) is 83.9 cm³/mol. The molecule has 1 aromatic heterocycles. The summed E-state index contributed by atoms with van der Waals surface area (Å²) in [6.45, 7) is 6.66. The molecule has 21 heavy (non-hydrogen) atoms. The van der Waals surface area contributed by atoms with Crippen LogP contribution in [0.3, 0.4) is 0 Å². The van der Waals surface area contributed by atoms with Crippen LogP contribution in [0.2, 0.25) is 0 Å². The van der Waals surface area contributed by atoms with Crippen LogP contribution in [0.5, 0.6) is 0 Å². The van der Waals surface area contributed by atoms with E-state index in [0.717, 1.165) is 10.7 Å². The molecule has 114 valence electrons. The van der Waals surface area contributed by atoms with E-state index >= 15 is 0 Å². The van der Waals surface area contributed by atoms with Crippen LogP contribution in [0.1, 0.15) is 37.4 Å². The summed E-state index contributed by atoms with van der Waals surface area (Å²) in [5.41, 5.74) is 0.856. The van der Waals surface area contributed by atoms with E-state index < -0.39 is 5.97 Å². The van der Waals surface area contributed by atoms with Gasteiger partial charge in [0.2, 0.25) is 5.91 Å². The van der Waals surface area contributed by atoms with Crippen molar-refractivity contribution in [2.24, 2.45) is 0 Å². The SMILES string of the molecule is CCOC(=O)/C=C1/SCC(=O)N1Cc1csc(C(C)C)n1. The van der Waals surface area contributed by atoms with Gasteiger partial charge in [-0.3, -0.25) is 9.69 Å². The number of ether oxygens (including phenoxy) is 1. The molecule has 0 saturated carbocycles. The Morgan fingerprint density at radius 3 is 2.95 bits per heavy atom. The van der Waals surface area contributed by atoms with Gasteiger partial charge in [-0.2, -0.15) is 0 Å². The van der Waals surface area contributed by atoms with Crippen molar-refractivity contribution in [2.45, 2.75) is 33.2 Å². The van der Waals surface area contributed by atoms with Crippen LogP contribution < -0.4 is 0 Å². The molecule has 0 N–H and O–H groups in total. The molecule has 0 atom stereocenters. The number of amides is 1. The third-order valence-electron chi connectivity index (χ3n) is 2.82. The van der Waals surface area contributed by atoms with Crippen LogP contribution in [0.15, 0.2) is 16.5 Å². The molecular formula is C14H18N2O3S2. The Morgan fingerprint density at radius 1 is 1.57 bits per heavy atom. The number of hydrogen-bond donors (Lipinski definition) is 0. The Morgan fingerprint density at radius 2 is 2.33 bits per heavy atom. The maximum atomic E-state index is 12.0. The van der Waals surface area contributed by atoms with E-state index in [1.165, 1.54) is 17.8 Å². The summed E-state index contributed by atoms with van der Waals surface area (Å²) in [4.78, 5) is 29.6. The first kappa shape index (κ1) is 16.0. The number of thioether (sulfide) groups is 1. The van der Waals surface area contributed by atoms with Gasteiger partial charge in [-0.05, 0) is 6.92 Å². The molecule has 1 aromatic rings. The summed E-state index contributed by atoms with van der Waals surface area (Å²) in [6.07, 6.45) is 1.38. The van der Waals surface area contributed by atoms with Crippen molar-refractivity contribution >= 4 is 35.0 Å². The summed E-state index contributed by atoms with van der Waals surface area (Å²) in [5, 5.41) is 3.66. The second kappa shape index (κ2) is 7.09. The third kappa shape index (κ3) is 4.07. The normalized spacial score (nSPS) is 17.0. The highest BCUT2D eigenvalue weighted by atomic mass is 32.2. The van der Waals surface area contributed by atoms with Crippen molar-refractivity contribution < 1.29 is 14.3 Å². The van der Waals surface area contributed by atoms with Gasteiger partial charge in [0.25, 0.3) is 0 Å². The first-order valence-electron chi connectivity index (χ1n) is 6.77. The number of nitrogens with zero attached hydrogens (tertiary/aromatic N) is 2. The maximum absolute atomic E-state index is 12.0. The summed E-state index contributed by atoms with van der Waals surface area (Å²) in [6, 6.07) is 0. The minimum absolute atomic E-state index is 0.00496. The molecule has 7 heteroatoms. The fourth-order valence-corrected chi connectivity index (χ4v) is 3.56. The zero-order chi connectivity index (χ0) is 15.4. The molecule has 0 radical (unpaired) electrons. The number of carbonyl (C=O) groups excluding carboxylic acids is 2. The molecule has 0 spiro atoms. The van der Waals surface area contributed by atoms with Crippen LogP contribution in [-0.4, -0.2) is 34.1 Å². The lowest BCUT2D eigenvalue weighted by Gasteiger charge is -2.15. The monoisotopic (exact) mass is 326 g/mol. The molecule has 1 amide bonds. The highest BCUT2D eigenvalue weighted by molar-refractivity contribution is 8.04. The van der Waals surface area contributed by atoms with Crippen molar-refractivity contribution in [1.29, 1.82) is 0 Å². The van der Waals surface area contributed by atoms with E-state index in [-0.39, 0.29) is 5.91 Å². The quantitative estimate of drug-likeness (QED) is 0.615. The standard InChI is InChI=1S/C14H18N2O3S2/c1-4-19-13(18)5-12-16(11(17)8-20-12)6-10-7-21-14(15-10)9(2)3/h5,7,9H,4,6,8H2,1-3H3/b12-5+. The average molecular weight is 326 g/mol. The van der Waals surface area contributed by atoms with Crippen LogP contribution in [0, 0.1) is 0 Å². The van der Waals surface area contributed by atoms with Crippen LogP contribution in [-0.2, 0) is 20.9 Å². The molecule has 0 bridgehead atoms. The average Bonchev–Trinajstić information content (AvgIpc) is 3.01. The summed E-state index contributed by atoms with van der Waals surface area (Å²) >= 11 is 2.96. The Bertz CT molecular complexity index is 566. The van der Waals surface area contributed by atoms with Crippen molar-refractivity contribution in [2.75, 3.05) is 12.4 Å². The minimum atomic E-state index is -0.416. The summed E-state index contributed by atoms with van der Waals surface area (Å²) in [7, 11) is 0. The van der Waals surface area contributed by atoms with Crippen molar-refractivity contribution in [3.8, 4) is 0 Å². The molecule has 1 saturated heterocycles. The van der Waals surface area contributed by atoms with Crippen molar-refractivity contribution in [1.82, 2.24) is 9.88 Å². The topological polar surface area (TPSA) is 59.5 Å². The highest BCUT2D eigenvalue weighted by Crippen LogP contribution is 2.31. The van der Waals surface area contributed by atoms with Crippen LogP contribution in [0.4, 0.5) is 0 Å². The molecule has 5 nitrogen and oxygen atoms in total. The molecule has 1 fully saturated rings. The number of aromatic nitrogens is 1. The largest absolute Gasteiger partial charge is 0.463 e. The van der Waals surface area contributed by atoms with Gasteiger partial charge >= 0.3 is 5.97 Å². The van der Waals surface area contributed by atoms with E-state index in [2.05, 4.69) is 18.8 Å². The maximum Gasteiger partial charge on any atom is 0.333 e. The van der Waals surface area contributed by atoms with E-state index in [1.54, 1.807) is 23.2 Å². The molecule has 2 rings (SSSR count). The third-order valence-corrected chi connectivity index (χ3v) is 5.04. The lowest BCUT2D eigenvalue weighted by atomic mass is 10.2. The van der Waals surface area contributed by atoms with Gasteiger partial charge in [0.15, 0.2) is 0 Å². The van der Waals surface area contributed by atoms with Gasteiger partial charge in [-0.15, -0.1) is 11.3 Å². The number of esters is 1. The fraction of sp³-hybridized carbons (Fsp3) is 0.500. The van der Waals surface area contributed by atoms with Crippen molar-refractivity contribution in [3.63, 3.8) is 0 Å². The Labute approximate surface area is 132 Å². The Balaban J connectivity index is 2.11.